The molecular weight excluding hydrogens is 242 g/mol. The lowest BCUT2D eigenvalue weighted by Gasteiger charge is -2.04. The lowest BCUT2D eigenvalue weighted by atomic mass is 10.2. The number of nitrogens with one attached hydrogen (secondary N) is 1. The number of halogens is 2. The van der Waals surface area contributed by atoms with E-state index in [-0.39, 0.29) is 0 Å². The lowest BCUT2D eigenvalue weighted by molar-refractivity contribution is 0.568. The van der Waals surface area contributed by atoms with Crippen molar-refractivity contribution >= 4 is 11.3 Å². The molecular formula is C12H12F2N2S. The van der Waals surface area contributed by atoms with E-state index < -0.39 is 11.6 Å². The van der Waals surface area contributed by atoms with Crippen LogP contribution in [0.3, 0.4) is 0 Å². The number of hydrogen-bond donors (Lipinski definition) is 1. The van der Waals surface area contributed by atoms with Gasteiger partial charge in [-0.05, 0) is 25.1 Å². The molecule has 1 heterocycles. The quantitative estimate of drug-likeness (QED) is 0.907. The van der Waals surface area contributed by atoms with Gasteiger partial charge in [0.15, 0.2) is 0 Å². The van der Waals surface area contributed by atoms with Gasteiger partial charge in [-0.25, -0.2) is 13.8 Å². The van der Waals surface area contributed by atoms with Crippen molar-refractivity contribution in [1.82, 2.24) is 10.3 Å². The summed E-state index contributed by atoms with van der Waals surface area (Å²) in [4.78, 5) is 4.27. The van der Waals surface area contributed by atoms with Crippen LogP contribution in [0, 0.1) is 18.6 Å². The predicted molar refractivity (Wildman–Crippen MR) is 63.8 cm³/mol. The molecule has 1 aromatic heterocycles. The number of aryl methyl sites for hydroxylation is 1. The minimum absolute atomic E-state index is 0.294. The first-order valence-corrected chi connectivity index (χ1v) is 6.09. The third kappa shape index (κ3) is 3.31. The van der Waals surface area contributed by atoms with Crippen LogP contribution >= 0.6 is 11.3 Å². The number of benzene rings is 1. The van der Waals surface area contributed by atoms with Crippen LogP contribution in [0.15, 0.2) is 23.6 Å². The first-order chi connectivity index (χ1) is 8.15. The summed E-state index contributed by atoms with van der Waals surface area (Å²) < 4.78 is 26.2. The Balaban J connectivity index is 1.91. The Hall–Kier alpha value is -1.33. The molecule has 0 saturated heterocycles. The molecule has 0 aliphatic heterocycles. The second-order valence-electron chi connectivity index (χ2n) is 3.72. The van der Waals surface area contributed by atoms with E-state index in [0.29, 0.717) is 18.7 Å². The molecule has 0 atom stereocenters. The van der Waals surface area contributed by atoms with E-state index >= 15 is 0 Å². The summed E-state index contributed by atoms with van der Waals surface area (Å²) in [6, 6.07) is 3.46. The number of aromatic nitrogens is 1. The van der Waals surface area contributed by atoms with Gasteiger partial charge in [0, 0.05) is 29.7 Å². The van der Waals surface area contributed by atoms with Crippen molar-refractivity contribution in [3.8, 4) is 0 Å². The minimum atomic E-state index is -0.423. The monoisotopic (exact) mass is 254 g/mol. The molecule has 0 aliphatic rings. The normalized spacial score (nSPS) is 10.8. The Bertz CT molecular complexity index is 511. The molecule has 0 fully saturated rings. The molecule has 0 radical (unpaired) electrons. The summed E-state index contributed by atoms with van der Waals surface area (Å²) in [6.45, 7) is 2.78. The van der Waals surface area contributed by atoms with Crippen molar-refractivity contribution in [2.75, 3.05) is 0 Å². The summed E-state index contributed by atoms with van der Waals surface area (Å²) in [7, 11) is 0. The third-order valence-electron chi connectivity index (χ3n) is 2.27. The number of thiazole rings is 1. The Labute approximate surface area is 102 Å². The fraction of sp³-hybridized carbons (Fsp3) is 0.250. The van der Waals surface area contributed by atoms with Crippen molar-refractivity contribution in [2.24, 2.45) is 0 Å². The molecule has 2 aromatic rings. The van der Waals surface area contributed by atoms with Gasteiger partial charge in [-0.2, -0.15) is 0 Å². The maximum atomic E-state index is 13.3. The van der Waals surface area contributed by atoms with Crippen LogP contribution in [0.25, 0.3) is 0 Å². The Morgan fingerprint density at radius 3 is 2.82 bits per heavy atom. The summed E-state index contributed by atoms with van der Waals surface area (Å²) in [5, 5.41) is 5.94. The van der Waals surface area contributed by atoms with Crippen LogP contribution in [0.1, 0.15) is 16.3 Å². The summed E-state index contributed by atoms with van der Waals surface area (Å²) in [6.07, 6.45) is 0. The molecule has 1 aromatic carbocycles. The van der Waals surface area contributed by atoms with Gasteiger partial charge in [0.1, 0.15) is 16.6 Å². The second-order valence-corrected chi connectivity index (χ2v) is 4.66. The van der Waals surface area contributed by atoms with Gasteiger partial charge in [0.25, 0.3) is 0 Å². The highest BCUT2D eigenvalue weighted by Gasteiger charge is 2.04. The van der Waals surface area contributed by atoms with Crippen molar-refractivity contribution in [1.29, 1.82) is 0 Å². The van der Waals surface area contributed by atoms with E-state index in [1.54, 1.807) is 11.3 Å². The van der Waals surface area contributed by atoms with Gasteiger partial charge in [0.2, 0.25) is 0 Å². The van der Waals surface area contributed by atoms with Crippen LogP contribution in [0.2, 0.25) is 0 Å². The SMILES string of the molecule is Cc1csc(CNCc2cc(F)ccc2F)n1. The molecule has 2 nitrogen and oxygen atoms in total. The average Bonchev–Trinajstić information content (AvgIpc) is 2.69. The molecule has 5 heteroatoms. The summed E-state index contributed by atoms with van der Waals surface area (Å²) >= 11 is 1.55. The van der Waals surface area contributed by atoms with E-state index in [1.807, 2.05) is 12.3 Å². The van der Waals surface area contributed by atoms with Crippen molar-refractivity contribution in [3.05, 3.63) is 51.5 Å². The van der Waals surface area contributed by atoms with Crippen LogP contribution < -0.4 is 5.32 Å². The first-order valence-electron chi connectivity index (χ1n) is 5.21. The molecule has 0 spiro atoms. The molecule has 1 N–H and O–H groups in total. The van der Waals surface area contributed by atoms with Crippen molar-refractivity contribution in [3.63, 3.8) is 0 Å². The molecule has 2 rings (SSSR count). The molecule has 0 bridgehead atoms. The zero-order valence-corrected chi connectivity index (χ0v) is 10.2. The van der Waals surface area contributed by atoms with Crippen LogP contribution in [-0.2, 0) is 13.1 Å². The predicted octanol–water partition coefficient (Wildman–Crippen LogP) is 3.02. The standard InChI is InChI=1S/C12H12F2N2S/c1-8-7-17-12(16-8)6-15-5-9-4-10(13)2-3-11(9)14/h2-4,7,15H,5-6H2,1H3. The number of nitrogens with zero attached hydrogens (tertiary/aromatic N) is 1. The molecule has 17 heavy (non-hydrogen) atoms. The molecule has 0 saturated carbocycles. The third-order valence-corrected chi connectivity index (χ3v) is 3.23. The van der Waals surface area contributed by atoms with Crippen LogP contribution in [0.5, 0.6) is 0 Å². The maximum Gasteiger partial charge on any atom is 0.127 e. The highest BCUT2D eigenvalue weighted by Crippen LogP contribution is 2.11. The molecule has 0 aliphatic carbocycles. The van der Waals surface area contributed by atoms with Gasteiger partial charge in [-0.3, -0.25) is 0 Å². The van der Waals surface area contributed by atoms with Crippen LogP contribution in [-0.4, -0.2) is 4.98 Å². The van der Waals surface area contributed by atoms with E-state index in [9.17, 15) is 8.78 Å². The lowest BCUT2D eigenvalue weighted by Crippen LogP contribution is -2.13. The maximum absolute atomic E-state index is 13.3. The van der Waals surface area contributed by atoms with E-state index in [1.165, 1.54) is 6.07 Å². The zero-order valence-electron chi connectivity index (χ0n) is 9.34. The Morgan fingerprint density at radius 2 is 2.12 bits per heavy atom. The fourth-order valence-corrected chi connectivity index (χ4v) is 2.21. The summed E-state index contributed by atoms with van der Waals surface area (Å²) in [5.74, 6) is -0.817. The zero-order chi connectivity index (χ0) is 12.3. The first kappa shape index (κ1) is 12.1. The topological polar surface area (TPSA) is 24.9 Å². The van der Waals surface area contributed by atoms with E-state index in [4.69, 9.17) is 0 Å². The fourth-order valence-electron chi connectivity index (χ4n) is 1.47. The highest BCUT2D eigenvalue weighted by atomic mass is 32.1. The number of rotatable bonds is 4. The van der Waals surface area contributed by atoms with Gasteiger partial charge in [0.05, 0.1) is 0 Å². The van der Waals surface area contributed by atoms with Gasteiger partial charge >= 0.3 is 0 Å². The minimum Gasteiger partial charge on any atom is -0.306 e. The largest absolute Gasteiger partial charge is 0.306 e. The molecule has 0 unspecified atom stereocenters. The molecule has 0 amide bonds. The van der Waals surface area contributed by atoms with Crippen LogP contribution in [0.4, 0.5) is 8.78 Å². The van der Waals surface area contributed by atoms with Gasteiger partial charge < -0.3 is 5.32 Å². The Kier molecular flexibility index (Phi) is 3.81. The number of hydrogen-bond acceptors (Lipinski definition) is 3. The van der Waals surface area contributed by atoms with Gasteiger partial charge in [-0.1, -0.05) is 0 Å². The summed E-state index contributed by atoms with van der Waals surface area (Å²) in [5.41, 5.74) is 1.31. The Morgan fingerprint density at radius 1 is 1.29 bits per heavy atom. The molecule has 90 valence electrons. The smallest absolute Gasteiger partial charge is 0.127 e. The average molecular weight is 254 g/mol. The second kappa shape index (κ2) is 5.33. The van der Waals surface area contributed by atoms with Crippen molar-refractivity contribution < 1.29 is 8.78 Å². The highest BCUT2D eigenvalue weighted by molar-refractivity contribution is 7.09. The van der Waals surface area contributed by atoms with E-state index in [0.717, 1.165) is 22.8 Å². The van der Waals surface area contributed by atoms with Crippen molar-refractivity contribution in [2.45, 2.75) is 20.0 Å². The van der Waals surface area contributed by atoms with Gasteiger partial charge in [-0.15, -0.1) is 11.3 Å². The van der Waals surface area contributed by atoms with E-state index in [2.05, 4.69) is 10.3 Å².